The predicted molar refractivity (Wildman–Crippen MR) is 95.1 cm³/mol. The Kier molecular flexibility index (Phi) is 4.53. The Bertz CT molecular complexity index is 895. The molecule has 3 aromatic rings. The van der Waals surface area contributed by atoms with Crippen molar-refractivity contribution in [1.29, 1.82) is 0 Å². The van der Waals surface area contributed by atoms with E-state index in [4.69, 9.17) is 11.6 Å². The molecule has 0 saturated carbocycles. The van der Waals surface area contributed by atoms with Crippen molar-refractivity contribution in [3.63, 3.8) is 0 Å². The largest absolute Gasteiger partial charge is 0.327 e. The first kappa shape index (κ1) is 15.8. The first-order chi connectivity index (χ1) is 11.1. The van der Waals surface area contributed by atoms with Gasteiger partial charge >= 0.3 is 5.69 Å². The van der Waals surface area contributed by atoms with E-state index in [-0.39, 0.29) is 5.69 Å². The molecule has 2 aromatic heterocycles. The summed E-state index contributed by atoms with van der Waals surface area (Å²) >= 11 is 6.46. The Morgan fingerprint density at radius 2 is 2.04 bits per heavy atom. The van der Waals surface area contributed by atoms with Crippen LogP contribution in [0, 0.1) is 6.92 Å². The Labute approximate surface area is 140 Å². The van der Waals surface area contributed by atoms with Crippen LogP contribution in [0.2, 0.25) is 5.02 Å². The summed E-state index contributed by atoms with van der Waals surface area (Å²) < 4.78 is 1.77. The predicted octanol–water partition coefficient (Wildman–Crippen LogP) is 4.54. The van der Waals surface area contributed by atoms with Gasteiger partial charge in [0.05, 0.1) is 10.5 Å². The van der Waals surface area contributed by atoms with Crippen molar-refractivity contribution in [2.24, 2.45) is 0 Å². The number of unbranched alkanes of at least 4 members (excludes halogenated alkanes) is 2. The summed E-state index contributed by atoms with van der Waals surface area (Å²) in [5, 5.41) is 0.565. The van der Waals surface area contributed by atoms with Gasteiger partial charge in [0, 0.05) is 18.3 Å². The van der Waals surface area contributed by atoms with E-state index < -0.39 is 0 Å². The number of nitrogens with one attached hydrogen (secondary N) is 1. The fourth-order valence-electron chi connectivity index (χ4n) is 2.95. The second kappa shape index (κ2) is 6.59. The smallest absolute Gasteiger partial charge is 0.290 e. The third-order valence-electron chi connectivity index (χ3n) is 4.15. The molecule has 0 unspecified atom stereocenters. The SMILES string of the molecule is CCCCCn1c(=O)[nH]c2ncc(Cl)c(-c3ccccc3C)c21. The van der Waals surface area contributed by atoms with Gasteiger partial charge in [-0.05, 0) is 24.5 Å². The van der Waals surface area contributed by atoms with E-state index in [1.807, 2.05) is 31.2 Å². The lowest BCUT2D eigenvalue weighted by Crippen LogP contribution is -2.17. The van der Waals surface area contributed by atoms with Crippen LogP contribution in [-0.2, 0) is 6.54 Å². The number of benzene rings is 1. The average molecular weight is 330 g/mol. The number of aromatic amines is 1. The minimum atomic E-state index is -0.124. The van der Waals surface area contributed by atoms with Crippen LogP contribution >= 0.6 is 11.6 Å². The molecule has 0 bridgehead atoms. The Hall–Kier alpha value is -2.07. The number of aryl methyl sites for hydroxylation is 2. The lowest BCUT2D eigenvalue weighted by molar-refractivity contribution is 0.601. The average Bonchev–Trinajstić information content (AvgIpc) is 2.85. The van der Waals surface area contributed by atoms with Crippen LogP contribution < -0.4 is 5.69 Å². The number of hydrogen-bond acceptors (Lipinski definition) is 2. The molecule has 1 aromatic carbocycles. The van der Waals surface area contributed by atoms with Crippen molar-refractivity contribution >= 4 is 22.8 Å². The molecule has 0 saturated heterocycles. The van der Waals surface area contributed by atoms with Gasteiger partial charge in [-0.3, -0.25) is 9.55 Å². The molecule has 0 fully saturated rings. The number of pyridine rings is 1. The van der Waals surface area contributed by atoms with Crippen molar-refractivity contribution < 1.29 is 0 Å². The van der Waals surface area contributed by atoms with Gasteiger partial charge in [0.2, 0.25) is 0 Å². The van der Waals surface area contributed by atoms with Gasteiger partial charge in [-0.25, -0.2) is 9.78 Å². The summed E-state index contributed by atoms with van der Waals surface area (Å²) in [7, 11) is 0. The fraction of sp³-hybridized carbons (Fsp3) is 0.333. The van der Waals surface area contributed by atoms with Crippen LogP contribution in [0.15, 0.2) is 35.3 Å². The number of rotatable bonds is 5. The highest BCUT2D eigenvalue weighted by molar-refractivity contribution is 6.34. The number of aromatic nitrogens is 3. The normalized spacial score (nSPS) is 11.3. The maximum absolute atomic E-state index is 12.3. The van der Waals surface area contributed by atoms with Gasteiger partial charge in [0.25, 0.3) is 0 Å². The lowest BCUT2D eigenvalue weighted by atomic mass is 10.0. The number of halogens is 1. The summed E-state index contributed by atoms with van der Waals surface area (Å²) in [5.74, 6) is 0. The minimum absolute atomic E-state index is 0.124. The maximum Gasteiger partial charge on any atom is 0.327 e. The zero-order valence-electron chi connectivity index (χ0n) is 13.4. The van der Waals surface area contributed by atoms with Crippen LogP contribution in [0.3, 0.4) is 0 Å². The highest BCUT2D eigenvalue weighted by atomic mass is 35.5. The van der Waals surface area contributed by atoms with Crippen LogP contribution in [-0.4, -0.2) is 14.5 Å². The molecule has 0 aliphatic carbocycles. The van der Waals surface area contributed by atoms with Crippen molar-refractivity contribution in [1.82, 2.24) is 14.5 Å². The molecule has 0 aliphatic heterocycles. The molecule has 1 N–H and O–H groups in total. The van der Waals surface area contributed by atoms with E-state index >= 15 is 0 Å². The molecular weight excluding hydrogens is 310 g/mol. The van der Waals surface area contributed by atoms with Crippen LogP contribution in [0.25, 0.3) is 22.3 Å². The molecule has 3 rings (SSSR count). The van der Waals surface area contributed by atoms with Crippen LogP contribution in [0.1, 0.15) is 31.7 Å². The van der Waals surface area contributed by atoms with E-state index in [1.54, 1.807) is 10.8 Å². The summed E-state index contributed by atoms with van der Waals surface area (Å²) in [6.07, 6.45) is 4.77. The molecule has 0 amide bonds. The molecule has 0 spiro atoms. The molecule has 0 radical (unpaired) electrons. The molecule has 4 nitrogen and oxygen atoms in total. The summed E-state index contributed by atoms with van der Waals surface area (Å²) in [5.41, 5.74) is 4.30. The first-order valence-corrected chi connectivity index (χ1v) is 8.34. The first-order valence-electron chi connectivity index (χ1n) is 7.96. The van der Waals surface area contributed by atoms with Gasteiger partial charge in [0.15, 0.2) is 5.65 Å². The van der Waals surface area contributed by atoms with Crippen molar-refractivity contribution in [3.05, 3.63) is 51.5 Å². The molecule has 0 atom stereocenters. The second-order valence-corrected chi connectivity index (χ2v) is 6.19. The van der Waals surface area contributed by atoms with E-state index in [9.17, 15) is 4.79 Å². The van der Waals surface area contributed by atoms with Crippen LogP contribution in [0.5, 0.6) is 0 Å². The standard InChI is InChI=1S/C18H20ClN3O/c1-3-4-7-10-22-16-15(13-9-6-5-8-12(13)2)14(19)11-20-17(16)21-18(22)23/h5-6,8-9,11H,3-4,7,10H2,1-2H3,(H,20,21,23). The van der Waals surface area contributed by atoms with Gasteiger partial charge in [-0.1, -0.05) is 55.6 Å². The Morgan fingerprint density at radius 1 is 1.26 bits per heavy atom. The Morgan fingerprint density at radius 3 is 2.78 bits per heavy atom. The highest BCUT2D eigenvalue weighted by Crippen LogP contribution is 2.35. The number of H-pyrrole nitrogens is 1. The molecule has 5 heteroatoms. The molecular formula is C18H20ClN3O. The van der Waals surface area contributed by atoms with Gasteiger partial charge < -0.3 is 0 Å². The lowest BCUT2D eigenvalue weighted by Gasteiger charge is -2.12. The molecule has 120 valence electrons. The van der Waals surface area contributed by atoms with E-state index in [0.717, 1.165) is 41.5 Å². The fourth-order valence-corrected chi connectivity index (χ4v) is 3.19. The zero-order valence-corrected chi connectivity index (χ0v) is 14.2. The molecule has 0 aliphatic rings. The highest BCUT2D eigenvalue weighted by Gasteiger charge is 2.17. The van der Waals surface area contributed by atoms with Crippen molar-refractivity contribution in [2.45, 2.75) is 39.7 Å². The Balaban J connectivity index is 2.26. The van der Waals surface area contributed by atoms with Gasteiger partial charge in [0.1, 0.15) is 0 Å². The van der Waals surface area contributed by atoms with E-state index in [2.05, 4.69) is 16.9 Å². The minimum Gasteiger partial charge on any atom is -0.290 e. The van der Waals surface area contributed by atoms with E-state index in [1.165, 1.54) is 0 Å². The van der Waals surface area contributed by atoms with E-state index in [0.29, 0.717) is 17.2 Å². The monoisotopic (exact) mass is 329 g/mol. The topological polar surface area (TPSA) is 50.7 Å². The summed E-state index contributed by atoms with van der Waals surface area (Å²) in [4.78, 5) is 19.5. The van der Waals surface area contributed by atoms with Crippen molar-refractivity contribution in [3.8, 4) is 11.1 Å². The number of nitrogens with zero attached hydrogens (tertiary/aromatic N) is 2. The second-order valence-electron chi connectivity index (χ2n) is 5.78. The van der Waals surface area contributed by atoms with Crippen molar-refractivity contribution in [2.75, 3.05) is 0 Å². The number of hydrogen-bond donors (Lipinski definition) is 1. The summed E-state index contributed by atoms with van der Waals surface area (Å²) in [6, 6.07) is 8.06. The quantitative estimate of drug-likeness (QED) is 0.698. The van der Waals surface area contributed by atoms with Crippen LogP contribution in [0.4, 0.5) is 0 Å². The third kappa shape index (κ3) is 2.91. The number of imidazole rings is 1. The van der Waals surface area contributed by atoms with Gasteiger partial charge in [-0.2, -0.15) is 0 Å². The summed E-state index contributed by atoms with van der Waals surface area (Å²) in [6.45, 7) is 4.87. The maximum atomic E-state index is 12.3. The zero-order chi connectivity index (χ0) is 16.4. The third-order valence-corrected chi connectivity index (χ3v) is 4.43. The number of fused-ring (bicyclic) bond motifs is 1. The molecule has 23 heavy (non-hydrogen) atoms. The molecule has 2 heterocycles. The van der Waals surface area contributed by atoms with Gasteiger partial charge in [-0.15, -0.1) is 0 Å².